The average molecular weight is 347 g/mol. The smallest absolute Gasteiger partial charge is 0.306 e. The summed E-state index contributed by atoms with van der Waals surface area (Å²) in [6.45, 7) is 0. The van der Waals surface area contributed by atoms with Crippen LogP contribution in [0.15, 0.2) is 18.2 Å². The molecule has 1 aromatic rings. The Bertz CT molecular complexity index is 556. The highest BCUT2D eigenvalue weighted by molar-refractivity contribution is 8.00. The molecule has 2 rings (SSSR count). The molecule has 3 nitrogen and oxygen atoms in total. The van der Waals surface area contributed by atoms with Gasteiger partial charge in [0.25, 0.3) is 0 Å². The minimum atomic E-state index is -0.180. The number of carbonyl (C=O) groups is 2. The number of carbonyl (C=O) groups excluding carboxylic acids is 2. The molecule has 0 saturated heterocycles. The fraction of sp³-hybridized carbons (Fsp3) is 0.467. The first kappa shape index (κ1) is 16.7. The lowest BCUT2D eigenvalue weighted by atomic mass is 10.1. The van der Waals surface area contributed by atoms with Crippen molar-refractivity contribution in [2.24, 2.45) is 5.41 Å². The van der Waals surface area contributed by atoms with E-state index in [9.17, 15) is 9.59 Å². The summed E-state index contributed by atoms with van der Waals surface area (Å²) in [6.07, 6.45) is 2.47. The number of esters is 1. The van der Waals surface area contributed by atoms with Crippen molar-refractivity contribution in [2.45, 2.75) is 19.3 Å². The molecule has 1 aliphatic rings. The zero-order valence-electron chi connectivity index (χ0n) is 11.7. The summed E-state index contributed by atoms with van der Waals surface area (Å²) < 4.78 is 4.70. The van der Waals surface area contributed by atoms with E-state index in [1.807, 2.05) is 0 Å². The van der Waals surface area contributed by atoms with Gasteiger partial charge < -0.3 is 4.74 Å². The van der Waals surface area contributed by atoms with E-state index in [0.29, 0.717) is 27.8 Å². The second kappa shape index (κ2) is 7.03. The molecule has 0 heterocycles. The molecule has 1 saturated carbocycles. The van der Waals surface area contributed by atoms with Crippen LogP contribution >= 0.6 is 35.0 Å². The monoisotopic (exact) mass is 346 g/mol. The first-order valence-electron chi connectivity index (χ1n) is 6.59. The summed E-state index contributed by atoms with van der Waals surface area (Å²) in [5, 5.41) is 0.892. The summed E-state index contributed by atoms with van der Waals surface area (Å²) in [6, 6.07) is 4.88. The van der Waals surface area contributed by atoms with E-state index in [2.05, 4.69) is 0 Å². The predicted molar refractivity (Wildman–Crippen MR) is 86.4 cm³/mol. The van der Waals surface area contributed by atoms with Crippen LogP contribution in [0.1, 0.15) is 29.6 Å². The molecule has 0 aromatic heterocycles. The van der Waals surface area contributed by atoms with Gasteiger partial charge in [0.15, 0.2) is 5.78 Å². The molecular weight excluding hydrogens is 331 g/mol. The highest BCUT2D eigenvalue weighted by atomic mass is 35.5. The van der Waals surface area contributed by atoms with Crippen molar-refractivity contribution in [3.63, 3.8) is 0 Å². The van der Waals surface area contributed by atoms with E-state index in [1.165, 1.54) is 7.11 Å². The largest absolute Gasteiger partial charge is 0.469 e. The second-order valence-corrected chi connectivity index (χ2v) is 7.12. The number of hydrogen-bond donors (Lipinski definition) is 0. The Morgan fingerprint density at radius 3 is 2.62 bits per heavy atom. The van der Waals surface area contributed by atoms with Crippen LogP contribution in [-0.4, -0.2) is 30.4 Å². The molecule has 1 fully saturated rings. The normalized spacial score (nSPS) is 15.6. The topological polar surface area (TPSA) is 43.4 Å². The summed E-state index contributed by atoms with van der Waals surface area (Å²) in [5.74, 6) is 0.944. The number of halogens is 2. The lowest BCUT2D eigenvalue weighted by Gasteiger charge is -2.12. The van der Waals surface area contributed by atoms with Gasteiger partial charge in [-0.15, -0.1) is 0 Å². The van der Waals surface area contributed by atoms with Gasteiger partial charge >= 0.3 is 5.97 Å². The van der Waals surface area contributed by atoms with Crippen LogP contribution in [0.4, 0.5) is 0 Å². The zero-order valence-corrected chi connectivity index (χ0v) is 14.0. The van der Waals surface area contributed by atoms with E-state index in [-0.39, 0.29) is 17.2 Å². The Morgan fingerprint density at radius 1 is 1.33 bits per heavy atom. The van der Waals surface area contributed by atoms with Gasteiger partial charge in [-0.2, -0.15) is 11.8 Å². The summed E-state index contributed by atoms with van der Waals surface area (Å²) in [5.41, 5.74) is 0.522. The Balaban J connectivity index is 1.83. The number of hydrogen-bond acceptors (Lipinski definition) is 4. The van der Waals surface area contributed by atoms with Crippen molar-refractivity contribution in [1.82, 2.24) is 0 Å². The molecule has 21 heavy (non-hydrogen) atoms. The number of ether oxygens (including phenoxy) is 1. The zero-order chi connectivity index (χ0) is 15.5. The van der Waals surface area contributed by atoms with Gasteiger partial charge in [-0.1, -0.05) is 23.2 Å². The first-order chi connectivity index (χ1) is 9.96. The highest BCUT2D eigenvalue weighted by Gasteiger charge is 2.44. The third-order valence-electron chi connectivity index (χ3n) is 3.58. The highest BCUT2D eigenvalue weighted by Crippen LogP contribution is 2.51. The third-order valence-corrected chi connectivity index (χ3v) is 5.41. The molecule has 1 aliphatic carbocycles. The van der Waals surface area contributed by atoms with Crippen LogP contribution in [0.2, 0.25) is 10.0 Å². The molecular formula is C15H16Cl2O3S. The van der Waals surface area contributed by atoms with E-state index < -0.39 is 0 Å². The number of Topliss-reactive ketones (excluding diaryl/α,β-unsaturated/α-hetero) is 1. The maximum atomic E-state index is 12.1. The predicted octanol–water partition coefficient (Wildman–Crippen LogP) is 4.25. The average Bonchev–Trinajstić information content (AvgIpc) is 3.18. The Hall–Kier alpha value is -0.710. The van der Waals surface area contributed by atoms with E-state index in [1.54, 1.807) is 30.0 Å². The van der Waals surface area contributed by atoms with Crippen molar-refractivity contribution >= 4 is 46.7 Å². The molecule has 0 aliphatic heterocycles. The van der Waals surface area contributed by atoms with Crippen molar-refractivity contribution in [1.29, 1.82) is 0 Å². The lowest BCUT2D eigenvalue weighted by molar-refractivity contribution is -0.141. The second-order valence-electron chi connectivity index (χ2n) is 5.29. The molecule has 0 N–H and O–H groups in total. The van der Waals surface area contributed by atoms with Crippen molar-refractivity contribution in [2.75, 3.05) is 18.6 Å². The molecule has 1 aromatic carbocycles. The van der Waals surface area contributed by atoms with Gasteiger partial charge in [-0.05, 0) is 42.2 Å². The quantitative estimate of drug-likeness (QED) is 0.546. The van der Waals surface area contributed by atoms with Gasteiger partial charge in [0.05, 0.1) is 24.3 Å². The number of thioether (sulfide) groups is 1. The molecule has 0 bridgehead atoms. The van der Waals surface area contributed by atoms with Crippen LogP contribution in [0.3, 0.4) is 0 Å². The van der Waals surface area contributed by atoms with Crippen molar-refractivity contribution < 1.29 is 14.3 Å². The Morgan fingerprint density at radius 2 is 2.05 bits per heavy atom. The van der Waals surface area contributed by atoms with Crippen LogP contribution in [0.5, 0.6) is 0 Å². The van der Waals surface area contributed by atoms with E-state index in [0.717, 1.165) is 18.6 Å². The van der Waals surface area contributed by atoms with Crippen LogP contribution in [0, 0.1) is 5.41 Å². The van der Waals surface area contributed by atoms with Crippen molar-refractivity contribution in [3.05, 3.63) is 33.8 Å². The SMILES string of the molecule is COC(=O)CC1(CSCC(=O)c2ccc(Cl)cc2Cl)CC1. The molecule has 0 radical (unpaired) electrons. The van der Waals surface area contributed by atoms with Crippen molar-refractivity contribution in [3.8, 4) is 0 Å². The third kappa shape index (κ3) is 4.63. The molecule has 6 heteroatoms. The van der Waals surface area contributed by atoms with Gasteiger partial charge in [0, 0.05) is 10.6 Å². The molecule has 114 valence electrons. The molecule has 0 atom stereocenters. The van der Waals surface area contributed by atoms with E-state index >= 15 is 0 Å². The molecule has 0 amide bonds. The number of rotatable bonds is 7. The number of methoxy groups -OCH3 is 1. The Kier molecular flexibility index (Phi) is 5.58. The fourth-order valence-electron chi connectivity index (χ4n) is 2.08. The first-order valence-corrected chi connectivity index (χ1v) is 8.50. The summed E-state index contributed by atoms with van der Waals surface area (Å²) in [7, 11) is 1.40. The van der Waals surface area contributed by atoms with Crippen LogP contribution in [0.25, 0.3) is 0 Å². The fourth-order valence-corrected chi connectivity index (χ4v) is 3.86. The number of benzene rings is 1. The Labute approximate surface area is 138 Å². The van der Waals surface area contributed by atoms with E-state index in [4.69, 9.17) is 27.9 Å². The molecule has 0 spiro atoms. The van der Waals surface area contributed by atoms with Crippen LogP contribution < -0.4 is 0 Å². The summed E-state index contributed by atoms with van der Waals surface area (Å²) >= 11 is 13.4. The maximum Gasteiger partial charge on any atom is 0.306 e. The summed E-state index contributed by atoms with van der Waals surface area (Å²) in [4.78, 5) is 23.5. The minimum absolute atomic E-state index is 0.0180. The molecule has 0 unspecified atom stereocenters. The van der Waals surface area contributed by atoms with Gasteiger partial charge in [0.1, 0.15) is 0 Å². The van der Waals surface area contributed by atoms with Gasteiger partial charge in [-0.3, -0.25) is 9.59 Å². The lowest BCUT2D eigenvalue weighted by Crippen LogP contribution is -2.14. The minimum Gasteiger partial charge on any atom is -0.469 e. The van der Waals surface area contributed by atoms with Crippen LogP contribution in [-0.2, 0) is 9.53 Å². The van der Waals surface area contributed by atoms with Gasteiger partial charge in [-0.25, -0.2) is 0 Å². The van der Waals surface area contributed by atoms with Gasteiger partial charge in [0.2, 0.25) is 0 Å². The number of ketones is 1. The maximum absolute atomic E-state index is 12.1. The standard InChI is InChI=1S/C15H16Cl2O3S/c1-20-14(19)7-15(4-5-15)9-21-8-13(18)11-3-2-10(16)6-12(11)17/h2-3,6H,4-5,7-9H2,1H3.